The van der Waals surface area contributed by atoms with E-state index in [2.05, 4.69) is 27.1 Å². The summed E-state index contributed by atoms with van der Waals surface area (Å²) >= 11 is 0. The molecule has 4 heterocycles. The molecule has 2 aliphatic rings. The molecule has 33 heavy (non-hydrogen) atoms. The summed E-state index contributed by atoms with van der Waals surface area (Å²) in [6.07, 6.45) is 8.16. The van der Waals surface area contributed by atoms with E-state index < -0.39 is 12.1 Å². The Hall–Kier alpha value is -3.75. The molecule has 0 saturated carbocycles. The maximum Gasteiger partial charge on any atom is 0.268 e. The Kier molecular flexibility index (Phi) is 5.32. The molecular formula is C24H29N7O2. The quantitative estimate of drug-likeness (QED) is 0.643. The molecule has 0 bridgehead atoms. The SMILES string of the molecule is CN(C)c1cc(C2OC=C(C(N)=O)N2c2cc3cn(C)nc3cc2N2CCCCC2)ccn1. The van der Waals surface area contributed by atoms with Gasteiger partial charge in [0.25, 0.3) is 5.91 Å². The van der Waals surface area contributed by atoms with Crippen molar-refractivity contribution in [1.29, 1.82) is 0 Å². The van der Waals surface area contributed by atoms with Crippen molar-refractivity contribution < 1.29 is 9.53 Å². The third-order valence-electron chi connectivity index (χ3n) is 6.24. The Bertz CT molecular complexity index is 1230. The van der Waals surface area contributed by atoms with Crippen molar-refractivity contribution in [1.82, 2.24) is 14.8 Å². The van der Waals surface area contributed by atoms with Crippen molar-refractivity contribution in [2.24, 2.45) is 12.8 Å². The first kappa shape index (κ1) is 21.1. The lowest BCUT2D eigenvalue weighted by Crippen LogP contribution is -2.35. The Morgan fingerprint density at radius 2 is 1.94 bits per heavy atom. The van der Waals surface area contributed by atoms with Crippen molar-refractivity contribution in [2.75, 3.05) is 41.9 Å². The Balaban J connectivity index is 1.67. The highest BCUT2D eigenvalue weighted by atomic mass is 16.5. The number of pyridine rings is 1. The average Bonchev–Trinajstić information content (AvgIpc) is 3.41. The second-order valence-corrected chi connectivity index (χ2v) is 8.82. The molecular weight excluding hydrogens is 418 g/mol. The van der Waals surface area contributed by atoms with Gasteiger partial charge in [0.2, 0.25) is 6.23 Å². The lowest BCUT2D eigenvalue weighted by atomic mass is 10.1. The number of benzene rings is 1. The van der Waals surface area contributed by atoms with Crippen LogP contribution in [-0.4, -0.2) is 47.9 Å². The number of hydrogen-bond donors (Lipinski definition) is 1. The minimum atomic E-state index is -0.535. The molecule has 1 aromatic carbocycles. The second-order valence-electron chi connectivity index (χ2n) is 8.82. The summed E-state index contributed by atoms with van der Waals surface area (Å²) in [5.74, 6) is 0.276. The molecule has 0 radical (unpaired) electrons. The lowest BCUT2D eigenvalue weighted by Gasteiger charge is -2.35. The summed E-state index contributed by atoms with van der Waals surface area (Å²) in [7, 11) is 5.80. The first-order valence-corrected chi connectivity index (χ1v) is 11.2. The number of amides is 1. The number of nitrogens with zero attached hydrogens (tertiary/aromatic N) is 6. The highest BCUT2D eigenvalue weighted by Gasteiger charge is 2.36. The number of carbonyl (C=O) groups excluding carboxylic acids is 1. The van der Waals surface area contributed by atoms with Crippen molar-refractivity contribution in [3.05, 3.63) is 54.2 Å². The first-order valence-electron chi connectivity index (χ1n) is 11.2. The average molecular weight is 448 g/mol. The largest absolute Gasteiger partial charge is 0.471 e. The number of aromatic nitrogens is 3. The maximum absolute atomic E-state index is 12.5. The summed E-state index contributed by atoms with van der Waals surface area (Å²) in [6.45, 7) is 1.92. The van der Waals surface area contributed by atoms with Gasteiger partial charge in [0.15, 0.2) is 0 Å². The van der Waals surface area contributed by atoms with Crippen LogP contribution in [0.15, 0.2) is 48.6 Å². The molecule has 1 amide bonds. The van der Waals surface area contributed by atoms with Gasteiger partial charge in [-0.05, 0) is 43.5 Å². The van der Waals surface area contributed by atoms with Crippen LogP contribution in [0.25, 0.3) is 10.9 Å². The van der Waals surface area contributed by atoms with Crippen LogP contribution in [0.5, 0.6) is 0 Å². The van der Waals surface area contributed by atoms with Gasteiger partial charge in [-0.3, -0.25) is 14.4 Å². The fraction of sp³-hybridized carbons (Fsp3) is 0.375. The molecule has 1 unspecified atom stereocenters. The summed E-state index contributed by atoms with van der Waals surface area (Å²) < 4.78 is 7.86. The number of aryl methyl sites for hydroxylation is 1. The topological polar surface area (TPSA) is 92.8 Å². The summed E-state index contributed by atoms with van der Waals surface area (Å²) in [5.41, 5.74) is 9.85. The van der Waals surface area contributed by atoms with Gasteiger partial charge in [0.1, 0.15) is 17.8 Å². The molecule has 0 spiro atoms. The summed E-state index contributed by atoms with van der Waals surface area (Å²) in [4.78, 5) is 23.1. The summed E-state index contributed by atoms with van der Waals surface area (Å²) in [5, 5.41) is 5.61. The van der Waals surface area contributed by atoms with Gasteiger partial charge >= 0.3 is 0 Å². The highest BCUT2D eigenvalue weighted by Crippen LogP contribution is 2.44. The Labute approximate surface area is 193 Å². The normalized spacial score (nSPS) is 18.4. The van der Waals surface area contributed by atoms with E-state index in [1.807, 2.05) is 54.0 Å². The van der Waals surface area contributed by atoms with Crippen molar-refractivity contribution in [3.8, 4) is 0 Å². The van der Waals surface area contributed by atoms with E-state index in [0.29, 0.717) is 5.70 Å². The van der Waals surface area contributed by atoms with E-state index in [-0.39, 0.29) is 0 Å². The van der Waals surface area contributed by atoms with Crippen molar-refractivity contribution >= 4 is 34.0 Å². The number of nitrogens with two attached hydrogens (primary N) is 1. The van der Waals surface area contributed by atoms with Gasteiger partial charge in [0, 0.05) is 57.6 Å². The first-order chi connectivity index (χ1) is 15.9. The van der Waals surface area contributed by atoms with E-state index in [9.17, 15) is 4.79 Å². The monoisotopic (exact) mass is 447 g/mol. The zero-order valence-electron chi connectivity index (χ0n) is 19.2. The Morgan fingerprint density at radius 3 is 2.67 bits per heavy atom. The molecule has 172 valence electrons. The fourth-order valence-corrected chi connectivity index (χ4v) is 4.62. The molecule has 1 saturated heterocycles. The molecule has 0 aliphatic carbocycles. The highest BCUT2D eigenvalue weighted by molar-refractivity contribution is 6.00. The number of ether oxygens (including phenoxy) is 1. The van der Waals surface area contributed by atoms with Gasteiger partial charge in [-0.15, -0.1) is 0 Å². The van der Waals surface area contributed by atoms with Gasteiger partial charge in [-0.25, -0.2) is 4.98 Å². The number of fused-ring (bicyclic) bond motifs is 1. The van der Waals surface area contributed by atoms with Crippen LogP contribution in [-0.2, 0) is 16.6 Å². The minimum absolute atomic E-state index is 0.324. The van der Waals surface area contributed by atoms with Crippen LogP contribution in [0.4, 0.5) is 17.2 Å². The van der Waals surface area contributed by atoms with Gasteiger partial charge in [0.05, 0.1) is 16.9 Å². The lowest BCUT2D eigenvalue weighted by molar-refractivity contribution is -0.114. The standard InChI is InChI=1S/C24H29N7O2/c1-28(2)22-12-16(7-8-26-22)24-31(21(15-33-24)23(25)32)20-11-17-14-29(3)27-18(17)13-19(20)30-9-5-4-6-10-30/h7-8,11-15,24H,4-6,9-10H2,1-3H3,(H2,25,32). The van der Waals surface area contributed by atoms with Crippen LogP contribution >= 0.6 is 0 Å². The zero-order chi connectivity index (χ0) is 23.1. The van der Waals surface area contributed by atoms with E-state index >= 15 is 0 Å². The van der Waals surface area contributed by atoms with Crippen molar-refractivity contribution in [2.45, 2.75) is 25.5 Å². The van der Waals surface area contributed by atoms with E-state index in [4.69, 9.17) is 10.5 Å². The van der Waals surface area contributed by atoms with Crippen LogP contribution < -0.4 is 20.4 Å². The van der Waals surface area contributed by atoms with Crippen molar-refractivity contribution in [3.63, 3.8) is 0 Å². The van der Waals surface area contributed by atoms with Crippen LogP contribution in [0, 0.1) is 0 Å². The predicted molar refractivity (Wildman–Crippen MR) is 129 cm³/mol. The Morgan fingerprint density at radius 1 is 1.15 bits per heavy atom. The van der Waals surface area contributed by atoms with E-state index in [1.165, 1.54) is 12.7 Å². The third-order valence-corrected chi connectivity index (χ3v) is 6.24. The number of carbonyl (C=O) groups is 1. The molecule has 1 atom stereocenters. The van der Waals surface area contributed by atoms with E-state index in [1.54, 1.807) is 6.20 Å². The molecule has 9 nitrogen and oxygen atoms in total. The number of primary amides is 1. The molecule has 2 aromatic heterocycles. The van der Waals surface area contributed by atoms with Crippen LogP contribution in [0.3, 0.4) is 0 Å². The van der Waals surface area contributed by atoms with Gasteiger partial charge in [-0.2, -0.15) is 5.10 Å². The number of piperidine rings is 1. The smallest absolute Gasteiger partial charge is 0.268 e. The molecule has 2 aliphatic heterocycles. The fourth-order valence-electron chi connectivity index (χ4n) is 4.62. The minimum Gasteiger partial charge on any atom is -0.471 e. The zero-order valence-corrected chi connectivity index (χ0v) is 19.2. The molecule has 2 N–H and O–H groups in total. The predicted octanol–water partition coefficient (Wildman–Crippen LogP) is 2.89. The number of anilines is 3. The number of hydrogen-bond acceptors (Lipinski definition) is 7. The molecule has 9 heteroatoms. The molecule has 1 fully saturated rings. The maximum atomic E-state index is 12.5. The van der Waals surface area contributed by atoms with Gasteiger partial charge < -0.3 is 20.3 Å². The molecule has 3 aromatic rings. The van der Waals surface area contributed by atoms with Gasteiger partial charge in [-0.1, -0.05) is 0 Å². The second kappa shape index (κ2) is 8.31. The number of rotatable bonds is 5. The van der Waals surface area contributed by atoms with Crippen LogP contribution in [0.1, 0.15) is 31.1 Å². The summed E-state index contributed by atoms with van der Waals surface area (Å²) in [6, 6.07) is 8.07. The molecule has 5 rings (SSSR count). The van der Waals surface area contributed by atoms with E-state index in [0.717, 1.165) is 59.6 Å². The third kappa shape index (κ3) is 3.83. The van der Waals surface area contributed by atoms with Crippen LogP contribution in [0.2, 0.25) is 0 Å².